The molecule has 0 fully saturated rings. The van der Waals surface area contributed by atoms with E-state index < -0.39 is 0 Å². The fourth-order valence-corrected chi connectivity index (χ4v) is 5.42. The molecule has 1 amide bonds. The lowest BCUT2D eigenvalue weighted by Gasteiger charge is -2.13. The van der Waals surface area contributed by atoms with Crippen LogP contribution >= 0.6 is 34.7 Å². The van der Waals surface area contributed by atoms with Crippen molar-refractivity contribution >= 4 is 51.6 Å². The van der Waals surface area contributed by atoms with Crippen LogP contribution < -0.4 is 10.9 Å². The average Bonchev–Trinajstić information content (AvgIpc) is 3.47. The number of fused-ring (bicyclic) bond motifs is 2. The Morgan fingerprint density at radius 2 is 2.20 bits per heavy atom. The molecule has 10 heteroatoms. The van der Waals surface area contributed by atoms with Crippen LogP contribution in [0.3, 0.4) is 0 Å². The maximum atomic E-state index is 13.2. The minimum Gasteiger partial charge on any atom is -0.351 e. The first-order chi connectivity index (χ1) is 14.6. The molecule has 1 aromatic carbocycles. The number of thiophene rings is 1. The molecule has 1 unspecified atom stereocenters. The highest BCUT2D eigenvalue weighted by Crippen LogP contribution is 2.33. The van der Waals surface area contributed by atoms with Crippen LogP contribution in [0, 0.1) is 0 Å². The standard InChI is InChI=1S/C20H16ClN5O2S2/c21-12-3-1-4-13(7-12)26-18-16(10-23-26)19(28)25-14(11-30-20(25)24-18)8-17(27)22-9-15-5-2-6-29-15/h1-7,10,14H,8-9,11H2,(H,22,27). The van der Waals surface area contributed by atoms with Crippen molar-refractivity contribution in [3.05, 3.63) is 68.2 Å². The van der Waals surface area contributed by atoms with Crippen LogP contribution in [-0.2, 0) is 11.3 Å². The van der Waals surface area contributed by atoms with Crippen LogP contribution in [0.2, 0.25) is 5.02 Å². The highest BCUT2D eigenvalue weighted by Gasteiger charge is 2.29. The van der Waals surface area contributed by atoms with E-state index in [1.807, 2.05) is 29.6 Å². The second-order valence-corrected chi connectivity index (χ2v) is 9.32. The molecular weight excluding hydrogens is 442 g/mol. The fraction of sp³-hybridized carbons (Fsp3) is 0.200. The van der Waals surface area contributed by atoms with Crippen molar-refractivity contribution < 1.29 is 4.79 Å². The monoisotopic (exact) mass is 457 g/mol. The Balaban J connectivity index is 1.43. The van der Waals surface area contributed by atoms with Crippen LogP contribution in [-0.4, -0.2) is 31.0 Å². The van der Waals surface area contributed by atoms with E-state index in [9.17, 15) is 9.59 Å². The topological polar surface area (TPSA) is 81.8 Å². The van der Waals surface area contributed by atoms with Crippen molar-refractivity contribution in [2.45, 2.75) is 24.2 Å². The Kier molecular flexibility index (Phi) is 5.10. The first-order valence-corrected chi connectivity index (χ1v) is 11.5. The van der Waals surface area contributed by atoms with Gasteiger partial charge in [-0.15, -0.1) is 11.3 Å². The number of benzene rings is 1. The van der Waals surface area contributed by atoms with Gasteiger partial charge in [-0.1, -0.05) is 35.5 Å². The Hall–Kier alpha value is -2.62. The summed E-state index contributed by atoms with van der Waals surface area (Å²) in [5.74, 6) is 0.551. The van der Waals surface area contributed by atoms with E-state index in [0.29, 0.717) is 33.5 Å². The summed E-state index contributed by atoms with van der Waals surface area (Å²) in [5, 5.41) is 10.9. The van der Waals surface area contributed by atoms with Gasteiger partial charge in [0.25, 0.3) is 5.56 Å². The molecular formula is C20H16ClN5O2S2. The van der Waals surface area contributed by atoms with Crippen LogP contribution in [0.15, 0.2) is 57.9 Å². The summed E-state index contributed by atoms with van der Waals surface area (Å²) in [6.07, 6.45) is 1.76. The van der Waals surface area contributed by atoms with Gasteiger partial charge in [-0.25, -0.2) is 9.67 Å². The average molecular weight is 458 g/mol. The maximum absolute atomic E-state index is 13.2. The predicted octanol–water partition coefficient (Wildman–Crippen LogP) is 3.65. The molecule has 4 aromatic rings. The quantitative estimate of drug-likeness (QED) is 0.462. The molecule has 1 aliphatic heterocycles. The van der Waals surface area contributed by atoms with Gasteiger partial charge in [0, 0.05) is 22.1 Å². The molecule has 1 atom stereocenters. The van der Waals surface area contributed by atoms with E-state index in [1.54, 1.807) is 32.7 Å². The summed E-state index contributed by atoms with van der Waals surface area (Å²) in [6, 6.07) is 10.9. The van der Waals surface area contributed by atoms with Gasteiger partial charge in [-0.3, -0.25) is 14.2 Å². The number of nitrogens with one attached hydrogen (secondary N) is 1. The molecule has 0 spiro atoms. The number of aromatic nitrogens is 4. The Bertz CT molecular complexity index is 1300. The molecule has 1 aliphatic rings. The van der Waals surface area contributed by atoms with Crippen molar-refractivity contribution in [3.8, 4) is 5.69 Å². The lowest BCUT2D eigenvalue weighted by Crippen LogP contribution is -2.30. The Morgan fingerprint density at radius 1 is 1.30 bits per heavy atom. The number of nitrogens with zero attached hydrogens (tertiary/aromatic N) is 4. The molecule has 30 heavy (non-hydrogen) atoms. The number of hydrogen-bond donors (Lipinski definition) is 1. The maximum Gasteiger partial charge on any atom is 0.265 e. The van der Waals surface area contributed by atoms with Gasteiger partial charge in [0.2, 0.25) is 5.91 Å². The molecule has 0 aliphatic carbocycles. The van der Waals surface area contributed by atoms with Crippen molar-refractivity contribution in [2.24, 2.45) is 0 Å². The third kappa shape index (κ3) is 3.53. The number of hydrogen-bond acceptors (Lipinski definition) is 6. The molecule has 0 bridgehead atoms. The predicted molar refractivity (Wildman–Crippen MR) is 119 cm³/mol. The van der Waals surface area contributed by atoms with E-state index in [0.717, 1.165) is 10.6 Å². The zero-order chi connectivity index (χ0) is 20.7. The fourth-order valence-electron chi connectivity index (χ4n) is 3.46. The van der Waals surface area contributed by atoms with E-state index in [-0.39, 0.29) is 23.9 Å². The van der Waals surface area contributed by atoms with Gasteiger partial charge in [-0.2, -0.15) is 5.10 Å². The van der Waals surface area contributed by atoms with Crippen LogP contribution in [0.1, 0.15) is 17.3 Å². The molecule has 1 N–H and O–H groups in total. The molecule has 5 rings (SSSR count). The molecule has 152 valence electrons. The van der Waals surface area contributed by atoms with Crippen molar-refractivity contribution in [1.29, 1.82) is 0 Å². The van der Waals surface area contributed by atoms with Gasteiger partial charge < -0.3 is 5.32 Å². The van der Waals surface area contributed by atoms with E-state index in [4.69, 9.17) is 11.6 Å². The Labute approximate surface area is 184 Å². The number of thioether (sulfide) groups is 1. The molecule has 4 heterocycles. The van der Waals surface area contributed by atoms with Gasteiger partial charge in [-0.05, 0) is 29.6 Å². The van der Waals surface area contributed by atoms with E-state index in [1.165, 1.54) is 18.0 Å². The summed E-state index contributed by atoms with van der Waals surface area (Å²) in [5.41, 5.74) is 1.05. The number of rotatable bonds is 5. The first-order valence-electron chi connectivity index (χ1n) is 9.28. The largest absolute Gasteiger partial charge is 0.351 e. The van der Waals surface area contributed by atoms with Crippen molar-refractivity contribution in [2.75, 3.05) is 5.75 Å². The third-order valence-corrected chi connectivity index (χ3v) is 7.09. The van der Waals surface area contributed by atoms with Gasteiger partial charge in [0.1, 0.15) is 5.39 Å². The zero-order valence-corrected chi connectivity index (χ0v) is 18.0. The summed E-state index contributed by atoms with van der Waals surface area (Å²) in [6.45, 7) is 0.502. The zero-order valence-electron chi connectivity index (χ0n) is 15.6. The normalized spacial score (nSPS) is 15.4. The first kappa shape index (κ1) is 19.3. The summed E-state index contributed by atoms with van der Waals surface area (Å²) in [4.78, 5) is 31.4. The van der Waals surface area contributed by atoms with Crippen molar-refractivity contribution in [1.82, 2.24) is 24.6 Å². The van der Waals surface area contributed by atoms with Crippen molar-refractivity contribution in [3.63, 3.8) is 0 Å². The van der Waals surface area contributed by atoms with Gasteiger partial charge >= 0.3 is 0 Å². The minimum atomic E-state index is -0.229. The lowest BCUT2D eigenvalue weighted by atomic mass is 10.2. The Morgan fingerprint density at radius 3 is 3.00 bits per heavy atom. The van der Waals surface area contributed by atoms with E-state index >= 15 is 0 Å². The second-order valence-electron chi connectivity index (χ2n) is 6.87. The third-order valence-electron chi connectivity index (χ3n) is 4.88. The number of amides is 1. The van der Waals surface area contributed by atoms with Crippen LogP contribution in [0.5, 0.6) is 0 Å². The SMILES string of the molecule is O=C(CC1CSc2nc3c(cnn3-c3cccc(Cl)c3)c(=O)n21)NCc1cccs1. The summed E-state index contributed by atoms with van der Waals surface area (Å²) >= 11 is 9.17. The minimum absolute atomic E-state index is 0.0801. The number of carbonyl (C=O) groups is 1. The highest BCUT2D eigenvalue weighted by molar-refractivity contribution is 7.99. The smallest absolute Gasteiger partial charge is 0.265 e. The lowest BCUT2D eigenvalue weighted by molar-refractivity contribution is -0.121. The number of carbonyl (C=O) groups excluding carboxylic acids is 1. The van der Waals surface area contributed by atoms with Crippen LogP contribution in [0.25, 0.3) is 16.7 Å². The molecule has 0 radical (unpaired) electrons. The summed E-state index contributed by atoms with van der Waals surface area (Å²) < 4.78 is 3.24. The second kappa shape index (κ2) is 7.90. The molecule has 7 nitrogen and oxygen atoms in total. The summed E-state index contributed by atoms with van der Waals surface area (Å²) in [7, 11) is 0. The molecule has 3 aromatic heterocycles. The molecule has 0 saturated heterocycles. The highest BCUT2D eigenvalue weighted by atomic mass is 35.5. The van der Waals surface area contributed by atoms with Gasteiger partial charge in [0.15, 0.2) is 10.8 Å². The molecule has 0 saturated carbocycles. The van der Waals surface area contributed by atoms with Crippen LogP contribution in [0.4, 0.5) is 0 Å². The number of halogens is 1. The van der Waals surface area contributed by atoms with Gasteiger partial charge in [0.05, 0.1) is 24.5 Å². The van der Waals surface area contributed by atoms with E-state index in [2.05, 4.69) is 15.4 Å².